The summed E-state index contributed by atoms with van der Waals surface area (Å²) in [6.07, 6.45) is 19.2. The second-order valence-corrected chi connectivity index (χ2v) is 8.17. The molecule has 0 N–H and O–H groups in total. The van der Waals surface area contributed by atoms with E-state index in [1.807, 2.05) is 25.1 Å². The highest BCUT2D eigenvalue weighted by Crippen LogP contribution is 2.43. The first kappa shape index (κ1) is 19.9. The maximum Gasteiger partial charge on any atom is 0.0991 e. The van der Waals surface area contributed by atoms with Crippen LogP contribution < -0.4 is 0 Å². The van der Waals surface area contributed by atoms with Crippen LogP contribution in [-0.2, 0) is 4.74 Å². The van der Waals surface area contributed by atoms with Gasteiger partial charge in [-0.05, 0) is 93.7 Å². The SMILES string of the molecule is C/C=C/C=C/CO[C@H]1CC[C@H](C2CCC(c3ccc(C#N)cc3)CC2)CC1. The largest absolute Gasteiger partial charge is 0.374 e. The molecule has 0 aromatic heterocycles. The minimum Gasteiger partial charge on any atom is -0.374 e. The highest BCUT2D eigenvalue weighted by Gasteiger charge is 2.31. The molecular formula is C25H33NO. The minimum atomic E-state index is 0.464. The molecule has 0 aliphatic heterocycles. The molecule has 1 aromatic rings. The Kier molecular flexibility index (Phi) is 7.72. The van der Waals surface area contributed by atoms with Gasteiger partial charge in [0.25, 0.3) is 0 Å². The molecule has 0 bridgehead atoms. The van der Waals surface area contributed by atoms with E-state index in [0.29, 0.717) is 12.0 Å². The molecule has 0 spiro atoms. The Balaban J connectivity index is 1.38. The van der Waals surface area contributed by atoms with Gasteiger partial charge in [0.05, 0.1) is 24.3 Å². The summed E-state index contributed by atoms with van der Waals surface area (Å²) in [6, 6.07) is 10.5. The molecule has 0 radical (unpaired) electrons. The van der Waals surface area contributed by atoms with Crippen LogP contribution in [0.15, 0.2) is 48.6 Å². The van der Waals surface area contributed by atoms with Gasteiger partial charge in [-0.1, -0.05) is 36.4 Å². The van der Waals surface area contributed by atoms with Crippen molar-refractivity contribution in [1.29, 1.82) is 5.26 Å². The molecule has 27 heavy (non-hydrogen) atoms. The smallest absolute Gasteiger partial charge is 0.0991 e. The van der Waals surface area contributed by atoms with Crippen molar-refractivity contribution in [1.82, 2.24) is 0 Å². The molecule has 3 rings (SSSR count). The lowest BCUT2D eigenvalue weighted by molar-refractivity contribution is 0.0223. The van der Waals surface area contributed by atoms with Crippen molar-refractivity contribution in [2.75, 3.05) is 6.61 Å². The maximum atomic E-state index is 8.95. The molecule has 0 heterocycles. The fourth-order valence-corrected chi connectivity index (χ4v) is 4.92. The normalized spacial score (nSPS) is 29.2. The number of ether oxygens (including phenoxy) is 1. The van der Waals surface area contributed by atoms with Crippen LogP contribution in [-0.4, -0.2) is 12.7 Å². The number of nitrogens with zero attached hydrogens (tertiary/aromatic N) is 1. The van der Waals surface area contributed by atoms with Gasteiger partial charge in [0.1, 0.15) is 0 Å². The van der Waals surface area contributed by atoms with Crippen LogP contribution in [0.1, 0.15) is 75.3 Å². The van der Waals surface area contributed by atoms with Crippen LogP contribution in [0.25, 0.3) is 0 Å². The summed E-state index contributed by atoms with van der Waals surface area (Å²) in [4.78, 5) is 0. The highest BCUT2D eigenvalue weighted by atomic mass is 16.5. The number of allylic oxidation sites excluding steroid dienone is 3. The van der Waals surface area contributed by atoms with Crippen LogP contribution in [0, 0.1) is 23.2 Å². The Labute approximate surface area is 164 Å². The predicted molar refractivity (Wildman–Crippen MR) is 112 cm³/mol. The van der Waals surface area contributed by atoms with Crippen LogP contribution >= 0.6 is 0 Å². The first-order chi connectivity index (χ1) is 13.3. The molecule has 2 heteroatoms. The van der Waals surface area contributed by atoms with Gasteiger partial charge in [-0.2, -0.15) is 5.26 Å². The van der Waals surface area contributed by atoms with Crippen LogP contribution in [0.5, 0.6) is 0 Å². The van der Waals surface area contributed by atoms with Crippen molar-refractivity contribution in [3.05, 3.63) is 59.7 Å². The number of benzene rings is 1. The zero-order chi connectivity index (χ0) is 18.9. The van der Waals surface area contributed by atoms with Crippen molar-refractivity contribution >= 4 is 0 Å². The fourth-order valence-electron chi connectivity index (χ4n) is 4.92. The zero-order valence-corrected chi connectivity index (χ0v) is 16.6. The number of nitriles is 1. The van der Waals surface area contributed by atoms with Gasteiger partial charge in [-0.3, -0.25) is 0 Å². The molecule has 0 amide bonds. The first-order valence-electron chi connectivity index (χ1n) is 10.7. The summed E-state index contributed by atoms with van der Waals surface area (Å²) in [5.74, 6) is 2.51. The summed E-state index contributed by atoms with van der Waals surface area (Å²) >= 11 is 0. The Bertz CT molecular complexity index is 651. The Hall–Kier alpha value is -1.85. The van der Waals surface area contributed by atoms with Gasteiger partial charge < -0.3 is 4.74 Å². The average Bonchev–Trinajstić information content (AvgIpc) is 2.74. The van der Waals surface area contributed by atoms with Gasteiger partial charge >= 0.3 is 0 Å². The molecule has 2 fully saturated rings. The van der Waals surface area contributed by atoms with E-state index in [4.69, 9.17) is 10.00 Å². The van der Waals surface area contributed by atoms with Crippen molar-refractivity contribution in [3.8, 4) is 6.07 Å². The summed E-state index contributed by atoms with van der Waals surface area (Å²) in [7, 11) is 0. The van der Waals surface area contributed by atoms with Gasteiger partial charge in [0, 0.05) is 0 Å². The number of hydrogen-bond acceptors (Lipinski definition) is 2. The van der Waals surface area contributed by atoms with E-state index in [-0.39, 0.29) is 0 Å². The van der Waals surface area contributed by atoms with Gasteiger partial charge in [0.15, 0.2) is 0 Å². The lowest BCUT2D eigenvalue weighted by atomic mass is 9.69. The Morgan fingerprint density at radius 2 is 1.56 bits per heavy atom. The minimum absolute atomic E-state index is 0.464. The molecule has 2 aliphatic rings. The quantitative estimate of drug-likeness (QED) is 0.538. The van der Waals surface area contributed by atoms with E-state index in [0.717, 1.165) is 24.0 Å². The maximum absolute atomic E-state index is 8.95. The van der Waals surface area contributed by atoms with Gasteiger partial charge in [-0.15, -0.1) is 0 Å². The molecule has 0 atom stereocenters. The molecular weight excluding hydrogens is 330 g/mol. The summed E-state index contributed by atoms with van der Waals surface area (Å²) in [5, 5.41) is 8.95. The molecule has 2 nitrogen and oxygen atoms in total. The summed E-state index contributed by atoms with van der Waals surface area (Å²) in [5.41, 5.74) is 2.19. The fraction of sp³-hybridized carbons (Fsp3) is 0.560. The molecule has 0 unspecified atom stereocenters. The third-order valence-corrected chi connectivity index (χ3v) is 6.54. The third-order valence-electron chi connectivity index (χ3n) is 6.54. The summed E-state index contributed by atoms with van der Waals surface area (Å²) in [6.45, 7) is 2.78. The predicted octanol–water partition coefficient (Wildman–Crippen LogP) is 6.54. The van der Waals surface area contributed by atoms with E-state index in [9.17, 15) is 0 Å². The van der Waals surface area contributed by atoms with E-state index in [1.54, 1.807) is 0 Å². The topological polar surface area (TPSA) is 33.0 Å². The lowest BCUT2D eigenvalue weighted by Gasteiger charge is -2.37. The van der Waals surface area contributed by atoms with Crippen LogP contribution in [0.4, 0.5) is 0 Å². The molecule has 2 aliphatic carbocycles. The molecule has 0 saturated heterocycles. The first-order valence-corrected chi connectivity index (χ1v) is 10.7. The molecule has 2 saturated carbocycles. The molecule has 144 valence electrons. The van der Waals surface area contributed by atoms with Crippen molar-refractivity contribution in [2.24, 2.45) is 11.8 Å². The second-order valence-electron chi connectivity index (χ2n) is 8.17. The van der Waals surface area contributed by atoms with Crippen molar-refractivity contribution in [2.45, 2.75) is 70.3 Å². The van der Waals surface area contributed by atoms with Crippen LogP contribution in [0.3, 0.4) is 0 Å². The van der Waals surface area contributed by atoms with E-state index < -0.39 is 0 Å². The van der Waals surface area contributed by atoms with E-state index in [2.05, 4.69) is 36.4 Å². The van der Waals surface area contributed by atoms with Crippen molar-refractivity contribution in [3.63, 3.8) is 0 Å². The van der Waals surface area contributed by atoms with Crippen LogP contribution in [0.2, 0.25) is 0 Å². The summed E-state index contributed by atoms with van der Waals surface area (Å²) < 4.78 is 6.02. The monoisotopic (exact) mass is 363 g/mol. The van der Waals surface area contributed by atoms with E-state index >= 15 is 0 Å². The number of rotatable bonds is 6. The molecule has 1 aromatic carbocycles. The Morgan fingerprint density at radius 1 is 0.926 bits per heavy atom. The average molecular weight is 364 g/mol. The lowest BCUT2D eigenvalue weighted by Crippen LogP contribution is -2.28. The number of hydrogen-bond donors (Lipinski definition) is 0. The van der Waals surface area contributed by atoms with Gasteiger partial charge in [0.2, 0.25) is 0 Å². The third kappa shape index (κ3) is 5.81. The highest BCUT2D eigenvalue weighted by molar-refractivity contribution is 5.33. The Morgan fingerprint density at radius 3 is 2.15 bits per heavy atom. The second kappa shape index (κ2) is 10.5. The zero-order valence-electron chi connectivity index (χ0n) is 16.6. The van der Waals surface area contributed by atoms with E-state index in [1.165, 1.54) is 56.9 Å². The van der Waals surface area contributed by atoms with Gasteiger partial charge in [-0.25, -0.2) is 0 Å². The standard InChI is InChI=1S/C25H33NO/c1-2-3-4-5-18-27-25-16-14-24(15-17-25)23-12-10-22(11-13-23)21-8-6-20(19-26)7-9-21/h2-9,22-25H,10-18H2,1H3/b3-2+,5-4+/t22?,23?,24-,25-. The van der Waals surface area contributed by atoms with Crippen molar-refractivity contribution < 1.29 is 4.74 Å².